The molecular formula is C38H43N5O5. The van der Waals surface area contributed by atoms with Crippen LogP contribution in [0.25, 0.3) is 0 Å². The summed E-state index contributed by atoms with van der Waals surface area (Å²) in [6, 6.07) is 27.2. The molecule has 0 radical (unpaired) electrons. The fourth-order valence-electron chi connectivity index (χ4n) is 5.62. The van der Waals surface area contributed by atoms with E-state index >= 15 is 0 Å². The molecule has 2 heterocycles. The number of hydrogen-bond acceptors (Lipinski definition) is 7. The zero-order chi connectivity index (χ0) is 33.6. The minimum atomic E-state index is -0.835. The van der Waals surface area contributed by atoms with Crippen molar-refractivity contribution in [1.29, 1.82) is 0 Å². The smallest absolute Gasteiger partial charge is 0.243 e. The molecule has 4 N–H and O–H groups in total. The second-order valence-corrected chi connectivity index (χ2v) is 11.9. The molecule has 250 valence electrons. The van der Waals surface area contributed by atoms with Gasteiger partial charge in [-0.15, -0.1) is 0 Å². The molecule has 0 saturated carbocycles. The number of aromatic nitrogens is 1. The van der Waals surface area contributed by atoms with Gasteiger partial charge in [0.15, 0.2) is 0 Å². The lowest BCUT2D eigenvalue weighted by molar-refractivity contribution is -0.129. The highest BCUT2D eigenvalue weighted by Gasteiger charge is 2.26. The third-order valence-corrected chi connectivity index (χ3v) is 8.18. The van der Waals surface area contributed by atoms with Crippen molar-refractivity contribution >= 4 is 17.7 Å². The summed E-state index contributed by atoms with van der Waals surface area (Å²) in [5.74, 6) is 0.484. The Kier molecular flexibility index (Phi) is 12.7. The molecule has 3 aromatic carbocycles. The average molecular weight is 650 g/mol. The molecule has 5 rings (SSSR count). The van der Waals surface area contributed by atoms with Crippen LogP contribution in [0.4, 0.5) is 0 Å². The standard InChI is InChI=1S/C38H43N5O5/c1-47-19-17-36(44)43-35-23-29-11-6-14-33(21-29)48-32-13-5-10-28(20-32)22-34(37(45)41-25-30-12-7-18-39-24-30)40-26-31(42-38(35)46)16-15-27-8-3-2-4-9-27/h2-14,18,20-21,24,31,34-35,40H,15-17,19,22-23,25-26H2,1H3,(H,41,45)(H,42,46)(H,43,44)/t31-,34-,35-/m0/s1. The Morgan fingerprint density at radius 3 is 2.35 bits per heavy atom. The number of methoxy groups -OCH3 is 1. The van der Waals surface area contributed by atoms with Gasteiger partial charge in [0.1, 0.15) is 17.5 Å². The number of carbonyl (C=O) groups excluding carboxylic acids is 3. The Hall–Kier alpha value is -5.06. The number of fused-ring (bicyclic) bond motifs is 4. The Morgan fingerprint density at radius 1 is 0.917 bits per heavy atom. The molecule has 3 atom stereocenters. The first-order valence-electron chi connectivity index (χ1n) is 16.3. The van der Waals surface area contributed by atoms with Gasteiger partial charge in [0.25, 0.3) is 0 Å². The van der Waals surface area contributed by atoms with Gasteiger partial charge in [-0.2, -0.15) is 0 Å². The van der Waals surface area contributed by atoms with E-state index in [1.54, 1.807) is 12.4 Å². The van der Waals surface area contributed by atoms with Crippen LogP contribution in [0.5, 0.6) is 11.5 Å². The molecule has 0 fully saturated rings. The Morgan fingerprint density at radius 2 is 1.65 bits per heavy atom. The number of aryl methyl sites for hydroxylation is 1. The SMILES string of the molecule is COCCC(=O)N[C@H]1Cc2cccc(c2)Oc2cccc(c2)C[C@@H](C(=O)NCc2cccnc2)NC[C@H](CCc2ccccc2)NC1=O. The molecule has 4 aromatic rings. The molecule has 3 amide bonds. The van der Waals surface area contributed by atoms with Gasteiger partial charge in [-0.05, 0) is 71.8 Å². The molecule has 0 spiro atoms. The maximum atomic E-state index is 13.9. The quantitative estimate of drug-likeness (QED) is 0.205. The van der Waals surface area contributed by atoms with Crippen LogP contribution in [0, 0.1) is 0 Å². The minimum Gasteiger partial charge on any atom is -0.457 e. The van der Waals surface area contributed by atoms with E-state index in [1.165, 1.54) is 7.11 Å². The lowest BCUT2D eigenvalue weighted by atomic mass is 10.0. The van der Waals surface area contributed by atoms with E-state index in [0.29, 0.717) is 37.4 Å². The zero-order valence-electron chi connectivity index (χ0n) is 27.2. The van der Waals surface area contributed by atoms with Crippen LogP contribution in [0.15, 0.2) is 103 Å². The highest BCUT2D eigenvalue weighted by Crippen LogP contribution is 2.24. The molecule has 48 heavy (non-hydrogen) atoms. The Balaban J connectivity index is 1.44. The molecule has 0 saturated heterocycles. The van der Waals surface area contributed by atoms with Gasteiger partial charge >= 0.3 is 0 Å². The first kappa shape index (κ1) is 34.3. The van der Waals surface area contributed by atoms with E-state index in [-0.39, 0.29) is 43.2 Å². The van der Waals surface area contributed by atoms with E-state index in [0.717, 1.165) is 28.7 Å². The third-order valence-electron chi connectivity index (χ3n) is 8.18. The Bertz CT molecular complexity index is 1640. The van der Waals surface area contributed by atoms with Gasteiger partial charge < -0.3 is 30.7 Å². The number of amides is 3. The number of nitrogens with one attached hydrogen (secondary N) is 4. The summed E-state index contributed by atoms with van der Waals surface area (Å²) < 4.78 is 11.3. The maximum absolute atomic E-state index is 13.9. The lowest BCUT2D eigenvalue weighted by Gasteiger charge is -2.27. The van der Waals surface area contributed by atoms with Crippen molar-refractivity contribution in [1.82, 2.24) is 26.3 Å². The number of carbonyl (C=O) groups is 3. The van der Waals surface area contributed by atoms with Crippen LogP contribution in [-0.2, 0) is 44.9 Å². The topological polar surface area (TPSA) is 131 Å². The summed E-state index contributed by atoms with van der Waals surface area (Å²) in [5, 5.41) is 12.6. The summed E-state index contributed by atoms with van der Waals surface area (Å²) in [6.07, 6.45) is 5.55. The molecular weight excluding hydrogens is 606 g/mol. The Labute approximate surface area is 281 Å². The molecule has 0 aliphatic carbocycles. The second kappa shape index (κ2) is 17.7. The van der Waals surface area contributed by atoms with Crippen molar-refractivity contribution in [3.63, 3.8) is 0 Å². The molecule has 10 heteroatoms. The molecule has 1 aromatic heterocycles. The van der Waals surface area contributed by atoms with Gasteiger partial charge in [0, 0.05) is 51.5 Å². The average Bonchev–Trinajstić information content (AvgIpc) is 3.10. The van der Waals surface area contributed by atoms with E-state index in [4.69, 9.17) is 9.47 Å². The molecule has 1 aliphatic rings. The lowest BCUT2D eigenvalue weighted by Crippen LogP contribution is -2.55. The van der Waals surface area contributed by atoms with Crippen molar-refractivity contribution in [2.24, 2.45) is 0 Å². The van der Waals surface area contributed by atoms with Crippen LogP contribution in [-0.4, -0.2) is 61.1 Å². The summed E-state index contributed by atoms with van der Waals surface area (Å²) in [4.78, 5) is 44.6. The van der Waals surface area contributed by atoms with Crippen molar-refractivity contribution < 1.29 is 23.9 Å². The van der Waals surface area contributed by atoms with E-state index < -0.39 is 12.1 Å². The van der Waals surface area contributed by atoms with Crippen molar-refractivity contribution in [3.05, 3.63) is 126 Å². The van der Waals surface area contributed by atoms with Gasteiger partial charge in [0.2, 0.25) is 17.7 Å². The number of ether oxygens (including phenoxy) is 2. The van der Waals surface area contributed by atoms with E-state index in [2.05, 4.69) is 38.4 Å². The predicted octanol–water partition coefficient (Wildman–Crippen LogP) is 3.89. The van der Waals surface area contributed by atoms with Gasteiger partial charge in [-0.3, -0.25) is 19.4 Å². The largest absolute Gasteiger partial charge is 0.457 e. The fraction of sp³-hybridized carbons (Fsp3) is 0.316. The highest BCUT2D eigenvalue weighted by atomic mass is 16.5. The first-order chi connectivity index (χ1) is 23.4. The highest BCUT2D eigenvalue weighted by molar-refractivity contribution is 5.88. The monoisotopic (exact) mass is 649 g/mol. The van der Waals surface area contributed by atoms with Crippen molar-refractivity contribution in [2.75, 3.05) is 20.3 Å². The summed E-state index contributed by atoms with van der Waals surface area (Å²) >= 11 is 0. The molecule has 10 nitrogen and oxygen atoms in total. The number of benzene rings is 3. The summed E-state index contributed by atoms with van der Waals surface area (Å²) in [5.41, 5.74) is 3.80. The maximum Gasteiger partial charge on any atom is 0.243 e. The van der Waals surface area contributed by atoms with Crippen LogP contribution < -0.4 is 26.0 Å². The van der Waals surface area contributed by atoms with Crippen molar-refractivity contribution in [2.45, 2.75) is 56.8 Å². The fourth-order valence-corrected chi connectivity index (χ4v) is 5.62. The molecule has 1 aliphatic heterocycles. The summed E-state index contributed by atoms with van der Waals surface area (Å²) in [7, 11) is 1.53. The van der Waals surface area contributed by atoms with Gasteiger partial charge in [-0.1, -0.05) is 60.7 Å². The van der Waals surface area contributed by atoms with Gasteiger partial charge in [-0.25, -0.2) is 0 Å². The number of nitrogens with zero attached hydrogens (tertiary/aromatic N) is 1. The van der Waals surface area contributed by atoms with Gasteiger partial charge in [0.05, 0.1) is 12.6 Å². The zero-order valence-corrected chi connectivity index (χ0v) is 27.2. The van der Waals surface area contributed by atoms with Crippen LogP contribution in [0.3, 0.4) is 0 Å². The summed E-state index contributed by atoms with van der Waals surface area (Å²) in [6.45, 7) is 0.916. The normalized spacial score (nSPS) is 18.2. The minimum absolute atomic E-state index is 0.134. The van der Waals surface area contributed by atoms with E-state index in [9.17, 15) is 14.4 Å². The second-order valence-electron chi connectivity index (χ2n) is 11.9. The predicted molar refractivity (Wildman–Crippen MR) is 183 cm³/mol. The van der Waals surface area contributed by atoms with Crippen molar-refractivity contribution in [3.8, 4) is 11.5 Å². The first-order valence-corrected chi connectivity index (χ1v) is 16.3. The number of hydrogen-bond donors (Lipinski definition) is 4. The van der Waals surface area contributed by atoms with E-state index in [1.807, 2.05) is 78.9 Å². The number of pyridine rings is 1. The molecule has 0 unspecified atom stereocenters. The number of rotatable bonds is 10. The van der Waals surface area contributed by atoms with Crippen LogP contribution in [0.2, 0.25) is 0 Å². The molecule has 4 bridgehead atoms. The third kappa shape index (κ3) is 10.8. The van der Waals surface area contributed by atoms with Crippen LogP contribution in [0.1, 0.15) is 35.1 Å². The van der Waals surface area contributed by atoms with Crippen LogP contribution >= 0.6 is 0 Å².